The van der Waals surface area contributed by atoms with E-state index in [4.69, 9.17) is 0 Å². The van der Waals surface area contributed by atoms with Crippen LogP contribution in [0.15, 0.2) is 54.7 Å². The van der Waals surface area contributed by atoms with Crippen molar-refractivity contribution in [1.82, 2.24) is 4.98 Å². The zero-order valence-electron chi connectivity index (χ0n) is 11.7. The molecule has 1 aromatic carbocycles. The van der Waals surface area contributed by atoms with E-state index in [2.05, 4.69) is 59.3 Å². The summed E-state index contributed by atoms with van der Waals surface area (Å²) in [5.74, 6) is 0.306. The van der Waals surface area contributed by atoms with Crippen molar-refractivity contribution < 1.29 is 0 Å². The zero-order chi connectivity index (χ0) is 13.7. The first-order valence-electron chi connectivity index (χ1n) is 6.53. The summed E-state index contributed by atoms with van der Waals surface area (Å²) >= 11 is 0. The van der Waals surface area contributed by atoms with Gasteiger partial charge in [0.15, 0.2) is 0 Å². The van der Waals surface area contributed by atoms with Crippen LogP contribution in [0.25, 0.3) is 6.08 Å². The second-order valence-electron chi connectivity index (χ2n) is 4.89. The summed E-state index contributed by atoms with van der Waals surface area (Å²) in [6.45, 7) is 2.17. The van der Waals surface area contributed by atoms with Crippen LogP contribution in [0.1, 0.15) is 24.1 Å². The first-order chi connectivity index (χ1) is 9.16. The molecule has 1 atom stereocenters. The lowest BCUT2D eigenvalue weighted by Gasteiger charge is -2.14. The van der Waals surface area contributed by atoms with Crippen molar-refractivity contribution >= 4 is 11.8 Å². The van der Waals surface area contributed by atoms with E-state index in [0.717, 1.165) is 5.69 Å². The fourth-order valence-electron chi connectivity index (χ4n) is 1.88. The van der Waals surface area contributed by atoms with E-state index >= 15 is 0 Å². The van der Waals surface area contributed by atoms with Gasteiger partial charge in [-0.2, -0.15) is 0 Å². The van der Waals surface area contributed by atoms with Crippen LogP contribution in [0.4, 0.5) is 5.69 Å². The van der Waals surface area contributed by atoms with Gasteiger partial charge in [-0.05, 0) is 17.7 Å². The molecule has 0 spiro atoms. The van der Waals surface area contributed by atoms with Gasteiger partial charge < -0.3 is 4.90 Å². The van der Waals surface area contributed by atoms with Gasteiger partial charge in [-0.1, -0.05) is 49.4 Å². The van der Waals surface area contributed by atoms with Crippen LogP contribution in [0.2, 0.25) is 0 Å². The van der Waals surface area contributed by atoms with Crippen molar-refractivity contribution in [2.24, 2.45) is 0 Å². The number of benzene rings is 1. The predicted octanol–water partition coefficient (Wildman–Crippen LogP) is 3.96. The summed E-state index contributed by atoms with van der Waals surface area (Å²) in [5.41, 5.74) is 3.50. The molecule has 0 bridgehead atoms. The maximum Gasteiger partial charge on any atom is 0.0490 e. The van der Waals surface area contributed by atoms with Gasteiger partial charge in [0.2, 0.25) is 0 Å². The highest BCUT2D eigenvalue weighted by Crippen LogP contribution is 2.20. The van der Waals surface area contributed by atoms with Crippen molar-refractivity contribution in [1.29, 1.82) is 0 Å². The topological polar surface area (TPSA) is 16.1 Å². The fourth-order valence-corrected chi connectivity index (χ4v) is 1.88. The molecule has 98 valence electrons. The van der Waals surface area contributed by atoms with E-state index in [1.807, 2.05) is 32.4 Å². The molecule has 0 fully saturated rings. The summed E-state index contributed by atoms with van der Waals surface area (Å²) in [6.07, 6.45) is 6.21. The molecule has 0 radical (unpaired) electrons. The summed E-state index contributed by atoms with van der Waals surface area (Å²) in [6, 6.07) is 14.5. The highest BCUT2D eigenvalue weighted by molar-refractivity contribution is 5.51. The quantitative estimate of drug-likeness (QED) is 0.818. The van der Waals surface area contributed by atoms with Gasteiger partial charge in [-0.25, -0.2) is 0 Å². The highest BCUT2D eigenvalue weighted by Gasteiger charge is 2.05. The minimum atomic E-state index is 0.306. The molecule has 0 aliphatic heterocycles. The van der Waals surface area contributed by atoms with Crippen molar-refractivity contribution in [3.8, 4) is 0 Å². The number of aromatic nitrogens is 1. The van der Waals surface area contributed by atoms with Gasteiger partial charge in [-0.15, -0.1) is 0 Å². The lowest BCUT2D eigenvalue weighted by atomic mass is 10.0. The smallest absolute Gasteiger partial charge is 0.0490 e. The third kappa shape index (κ3) is 3.68. The van der Waals surface area contributed by atoms with Crippen LogP contribution in [0, 0.1) is 0 Å². The molecule has 2 heteroatoms. The maximum atomic E-state index is 4.46. The average Bonchev–Trinajstić information content (AvgIpc) is 2.46. The van der Waals surface area contributed by atoms with Crippen molar-refractivity contribution in [2.45, 2.75) is 12.8 Å². The molecule has 0 amide bonds. The molecule has 0 N–H and O–H groups in total. The van der Waals surface area contributed by atoms with E-state index in [0.29, 0.717) is 5.92 Å². The van der Waals surface area contributed by atoms with Gasteiger partial charge >= 0.3 is 0 Å². The Kier molecular flexibility index (Phi) is 4.35. The molecule has 2 aromatic rings. The van der Waals surface area contributed by atoms with Crippen LogP contribution >= 0.6 is 0 Å². The second kappa shape index (κ2) is 6.19. The van der Waals surface area contributed by atoms with Gasteiger partial charge in [0.1, 0.15) is 0 Å². The van der Waals surface area contributed by atoms with E-state index in [1.54, 1.807) is 0 Å². The molecule has 0 aliphatic carbocycles. The normalized spacial score (nSPS) is 12.6. The van der Waals surface area contributed by atoms with E-state index in [1.165, 1.54) is 11.3 Å². The van der Waals surface area contributed by atoms with Crippen molar-refractivity contribution in [3.05, 3.63) is 66.0 Å². The molecule has 2 nitrogen and oxygen atoms in total. The van der Waals surface area contributed by atoms with E-state index in [9.17, 15) is 0 Å². The molecule has 0 saturated carbocycles. The third-order valence-electron chi connectivity index (χ3n) is 3.12. The highest BCUT2D eigenvalue weighted by atomic mass is 15.1. The Morgan fingerprint density at radius 3 is 2.53 bits per heavy atom. The second-order valence-corrected chi connectivity index (χ2v) is 4.89. The summed E-state index contributed by atoms with van der Waals surface area (Å²) in [5, 5.41) is 0. The van der Waals surface area contributed by atoms with Gasteiger partial charge in [0.05, 0.1) is 0 Å². The van der Waals surface area contributed by atoms with Crippen molar-refractivity contribution in [2.75, 3.05) is 19.0 Å². The molecular weight excluding hydrogens is 232 g/mol. The summed E-state index contributed by atoms with van der Waals surface area (Å²) in [7, 11) is 4.09. The molecule has 19 heavy (non-hydrogen) atoms. The Morgan fingerprint density at radius 2 is 1.84 bits per heavy atom. The molecule has 1 aromatic heterocycles. The largest absolute Gasteiger partial charge is 0.378 e. The average molecular weight is 252 g/mol. The number of pyridine rings is 1. The van der Waals surface area contributed by atoms with Gasteiger partial charge in [0, 0.05) is 37.6 Å². The SMILES string of the molecule is CC(C=Cc1ccccc1)c1cc(N(C)C)ccn1. The number of hydrogen-bond donors (Lipinski definition) is 0. The molecule has 1 unspecified atom stereocenters. The minimum absolute atomic E-state index is 0.306. The molecular formula is C17H20N2. The van der Waals surface area contributed by atoms with Crippen LogP contribution in [-0.4, -0.2) is 19.1 Å². The molecule has 0 saturated heterocycles. The van der Waals surface area contributed by atoms with Crippen molar-refractivity contribution in [3.63, 3.8) is 0 Å². The number of rotatable bonds is 4. The number of nitrogens with zero attached hydrogens (tertiary/aromatic N) is 2. The Balaban J connectivity index is 2.14. The van der Waals surface area contributed by atoms with Crippen LogP contribution in [0.3, 0.4) is 0 Å². The first kappa shape index (κ1) is 13.3. The van der Waals surface area contributed by atoms with Crippen LogP contribution < -0.4 is 4.90 Å². The monoisotopic (exact) mass is 252 g/mol. The molecule has 1 heterocycles. The van der Waals surface area contributed by atoms with Crippen LogP contribution in [0.5, 0.6) is 0 Å². The lowest BCUT2D eigenvalue weighted by molar-refractivity contribution is 0.907. The van der Waals surface area contributed by atoms with Gasteiger partial charge in [0.25, 0.3) is 0 Å². The van der Waals surface area contributed by atoms with Gasteiger partial charge in [-0.3, -0.25) is 4.98 Å². The number of allylic oxidation sites excluding steroid dienone is 1. The van der Waals surface area contributed by atoms with E-state index in [-0.39, 0.29) is 0 Å². The third-order valence-corrected chi connectivity index (χ3v) is 3.12. The maximum absolute atomic E-state index is 4.46. The summed E-state index contributed by atoms with van der Waals surface area (Å²) in [4.78, 5) is 6.55. The fraction of sp³-hybridized carbons (Fsp3) is 0.235. The Hall–Kier alpha value is -2.09. The number of hydrogen-bond acceptors (Lipinski definition) is 2. The Bertz CT molecular complexity index is 544. The van der Waals surface area contributed by atoms with Crippen LogP contribution in [-0.2, 0) is 0 Å². The predicted molar refractivity (Wildman–Crippen MR) is 82.5 cm³/mol. The lowest BCUT2D eigenvalue weighted by Crippen LogP contribution is -2.09. The number of anilines is 1. The first-order valence-corrected chi connectivity index (χ1v) is 6.53. The summed E-state index contributed by atoms with van der Waals surface area (Å²) < 4.78 is 0. The van der Waals surface area contributed by atoms with E-state index < -0.39 is 0 Å². The Labute approximate surface area is 115 Å². The molecule has 2 rings (SSSR count). The Morgan fingerprint density at radius 1 is 1.11 bits per heavy atom. The molecule has 0 aliphatic rings. The zero-order valence-corrected chi connectivity index (χ0v) is 11.7. The minimum Gasteiger partial charge on any atom is -0.378 e. The standard InChI is InChI=1S/C17H20N2/c1-14(9-10-15-7-5-4-6-8-15)17-13-16(19(2)3)11-12-18-17/h4-14H,1-3H3.